The van der Waals surface area contributed by atoms with Crippen molar-refractivity contribution in [3.63, 3.8) is 0 Å². The maximum atomic E-state index is 13.2. The van der Waals surface area contributed by atoms with E-state index < -0.39 is 5.92 Å². The van der Waals surface area contributed by atoms with E-state index in [9.17, 15) is 9.59 Å². The lowest BCUT2D eigenvalue weighted by Gasteiger charge is -2.21. The number of amides is 2. The smallest absolute Gasteiger partial charge is 0.253 e. The number of likely N-dealkylation sites (tertiary alicyclic amines) is 1. The van der Waals surface area contributed by atoms with Crippen LogP contribution >= 0.6 is 11.6 Å². The average Bonchev–Trinajstić information content (AvgIpc) is 3.28. The number of benzene rings is 2. The van der Waals surface area contributed by atoms with Gasteiger partial charge in [0.15, 0.2) is 11.5 Å². The van der Waals surface area contributed by atoms with Gasteiger partial charge >= 0.3 is 0 Å². The van der Waals surface area contributed by atoms with Gasteiger partial charge in [-0.3, -0.25) is 9.59 Å². The van der Waals surface area contributed by atoms with Crippen LogP contribution in [-0.4, -0.2) is 57.7 Å². The predicted octanol–water partition coefficient (Wildman–Crippen LogP) is 4.38. The molecule has 0 aromatic heterocycles. The predicted molar refractivity (Wildman–Crippen MR) is 132 cm³/mol. The number of nitrogens with zero attached hydrogens (tertiary/aromatic N) is 1. The number of nitrogens with one attached hydrogen (secondary N) is 1. The molecule has 1 saturated heterocycles. The number of carbonyl (C=O) groups is 2. The van der Waals surface area contributed by atoms with Crippen molar-refractivity contribution in [3.8, 4) is 17.2 Å². The molecule has 0 saturated carbocycles. The summed E-state index contributed by atoms with van der Waals surface area (Å²) in [6.07, 6.45) is 0.890. The lowest BCUT2D eigenvalue weighted by molar-refractivity contribution is -0.124. The maximum Gasteiger partial charge on any atom is 0.253 e. The third kappa shape index (κ3) is 5.76. The topological polar surface area (TPSA) is 77.1 Å². The lowest BCUT2D eigenvalue weighted by Crippen LogP contribution is -2.36. The molecule has 1 heterocycles. The standard InChI is InChI=1S/C26H33ClN2O5/c1-16(2)10-11-28-25(30)21-15-29(26(31)17-6-8-19(27)9-7-17)14-20(21)18-12-22(32-3)24(34-5)23(13-18)33-4/h6-9,12-13,16,20-21H,10-11,14-15H2,1-5H3,(H,28,30). The van der Waals surface area contributed by atoms with Crippen LogP contribution in [-0.2, 0) is 4.79 Å². The van der Waals surface area contributed by atoms with Gasteiger partial charge < -0.3 is 24.4 Å². The van der Waals surface area contributed by atoms with Crippen molar-refractivity contribution in [2.24, 2.45) is 11.8 Å². The summed E-state index contributed by atoms with van der Waals surface area (Å²) < 4.78 is 16.5. The van der Waals surface area contributed by atoms with Gasteiger partial charge in [0, 0.05) is 36.1 Å². The van der Waals surface area contributed by atoms with Crippen LogP contribution in [0.5, 0.6) is 17.2 Å². The fraction of sp³-hybridized carbons (Fsp3) is 0.462. The molecular formula is C26H33ClN2O5. The van der Waals surface area contributed by atoms with Crippen LogP contribution in [0.2, 0.25) is 5.02 Å². The van der Waals surface area contributed by atoms with Gasteiger partial charge in [-0.15, -0.1) is 0 Å². The first-order valence-corrected chi connectivity index (χ1v) is 11.8. The number of carbonyl (C=O) groups excluding carboxylic acids is 2. The minimum atomic E-state index is -0.411. The summed E-state index contributed by atoms with van der Waals surface area (Å²) in [5.74, 6) is 1.15. The summed E-state index contributed by atoms with van der Waals surface area (Å²) in [6.45, 7) is 5.54. The van der Waals surface area contributed by atoms with Crippen molar-refractivity contribution in [1.82, 2.24) is 10.2 Å². The Morgan fingerprint density at radius 3 is 2.18 bits per heavy atom. The molecule has 184 valence electrons. The zero-order valence-electron chi connectivity index (χ0n) is 20.4. The summed E-state index contributed by atoms with van der Waals surface area (Å²) in [6, 6.07) is 10.5. The fourth-order valence-electron chi connectivity index (χ4n) is 4.28. The van der Waals surface area contributed by atoms with Crippen LogP contribution in [0.3, 0.4) is 0 Å². The fourth-order valence-corrected chi connectivity index (χ4v) is 4.40. The number of halogens is 1. The van der Waals surface area contributed by atoms with E-state index in [-0.39, 0.29) is 17.7 Å². The van der Waals surface area contributed by atoms with Gasteiger partial charge in [0.1, 0.15) is 0 Å². The summed E-state index contributed by atoms with van der Waals surface area (Å²) in [5.41, 5.74) is 1.39. The molecule has 3 rings (SSSR count). The molecule has 1 N–H and O–H groups in total. The molecular weight excluding hydrogens is 456 g/mol. The van der Waals surface area contributed by atoms with Crippen LogP contribution in [0.4, 0.5) is 0 Å². The van der Waals surface area contributed by atoms with E-state index in [0.717, 1.165) is 12.0 Å². The largest absolute Gasteiger partial charge is 0.493 e. The molecule has 7 nitrogen and oxygen atoms in total. The second-order valence-electron chi connectivity index (χ2n) is 8.86. The van der Waals surface area contributed by atoms with Gasteiger partial charge in [-0.1, -0.05) is 25.4 Å². The lowest BCUT2D eigenvalue weighted by atomic mass is 9.87. The quantitative estimate of drug-likeness (QED) is 0.566. The summed E-state index contributed by atoms with van der Waals surface area (Å²) >= 11 is 5.98. The first-order valence-electron chi connectivity index (χ1n) is 11.4. The van der Waals surface area contributed by atoms with Crippen molar-refractivity contribution < 1.29 is 23.8 Å². The van der Waals surface area contributed by atoms with Crippen molar-refractivity contribution in [2.75, 3.05) is 41.0 Å². The third-order valence-corrected chi connectivity index (χ3v) is 6.42. The second-order valence-corrected chi connectivity index (χ2v) is 9.30. The molecule has 1 aliphatic heterocycles. The van der Waals surface area contributed by atoms with E-state index in [2.05, 4.69) is 19.2 Å². The molecule has 0 spiro atoms. The molecule has 2 unspecified atom stereocenters. The Bertz CT molecular complexity index is 984. The first kappa shape index (κ1) is 25.7. The Balaban J connectivity index is 1.93. The number of ether oxygens (including phenoxy) is 3. The van der Waals surface area contributed by atoms with Crippen molar-refractivity contribution in [1.29, 1.82) is 0 Å². The van der Waals surface area contributed by atoms with Gasteiger partial charge in [0.05, 0.1) is 27.2 Å². The van der Waals surface area contributed by atoms with Crippen molar-refractivity contribution in [2.45, 2.75) is 26.2 Å². The Hall–Kier alpha value is -2.93. The highest BCUT2D eigenvalue weighted by Crippen LogP contribution is 2.43. The number of hydrogen-bond acceptors (Lipinski definition) is 5. The highest BCUT2D eigenvalue weighted by atomic mass is 35.5. The molecule has 0 aliphatic carbocycles. The zero-order chi connectivity index (χ0) is 24.8. The summed E-state index contributed by atoms with van der Waals surface area (Å²) in [4.78, 5) is 28.2. The van der Waals surface area contributed by atoms with Crippen LogP contribution in [0.1, 0.15) is 42.1 Å². The van der Waals surface area contributed by atoms with Crippen LogP contribution < -0.4 is 19.5 Å². The molecule has 0 radical (unpaired) electrons. The zero-order valence-corrected chi connectivity index (χ0v) is 21.1. The minimum absolute atomic E-state index is 0.0641. The third-order valence-electron chi connectivity index (χ3n) is 6.17. The van der Waals surface area contributed by atoms with Crippen molar-refractivity contribution in [3.05, 3.63) is 52.5 Å². The Morgan fingerprint density at radius 1 is 1.03 bits per heavy atom. The molecule has 2 amide bonds. The number of rotatable bonds is 9. The molecule has 1 fully saturated rings. The van der Waals surface area contributed by atoms with E-state index in [0.29, 0.717) is 53.4 Å². The monoisotopic (exact) mass is 488 g/mol. The van der Waals surface area contributed by atoms with Gasteiger partial charge in [0.2, 0.25) is 11.7 Å². The second kappa shape index (κ2) is 11.5. The van der Waals surface area contributed by atoms with E-state index in [1.807, 2.05) is 12.1 Å². The molecule has 34 heavy (non-hydrogen) atoms. The van der Waals surface area contributed by atoms with E-state index in [1.54, 1.807) is 50.5 Å². The summed E-state index contributed by atoms with van der Waals surface area (Å²) in [7, 11) is 4.66. The summed E-state index contributed by atoms with van der Waals surface area (Å²) in [5, 5.41) is 3.63. The maximum absolute atomic E-state index is 13.2. The average molecular weight is 489 g/mol. The Morgan fingerprint density at radius 2 is 1.65 bits per heavy atom. The molecule has 2 atom stereocenters. The molecule has 2 aromatic rings. The molecule has 1 aliphatic rings. The minimum Gasteiger partial charge on any atom is -0.493 e. The highest BCUT2D eigenvalue weighted by molar-refractivity contribution is 6.30. The first-order chi connectivity index (χ1) is 16.3. The van der Waals surface area contributed by atoms with Crippen LogP contribution in [0, 0.1) is 11.8 Å². The number of methoxy groups -OCH3 is 3. The SMILES string of the molecule is COc1cc(C2CN(C(=O)c3ccc(Cl)cc3)CC2C(=O)NCCC(C)C)cc(OC)c1OC. The van der Waals surface area contributed by atoms with Crippen LogP contribution in [0.15, 0.2) is 36.4 Å². The molecule has 0 bridgehead atoms. The molecule has 2 aromatic carbocycles. The van der Waals surface area contributed by atoms with Gasteiger partial charge in [-0.25, -0.2) is 0 Å². The Labute approximate surface area is 206 Å². The van der Waals surface area contributed by atoms with Gasteiger partial charge in [0.25, 0.3) is 5.91 Å². The molecule has 8 heteroatoms. The van der Waals surface area contributed by atoms with E-state index >= 15 is 0 Å². The van der Waals surface area contributed by atoms with E-state index in [4.69, 9.17) is 25.8 Å². The highest BCUT2D eigenvalue weighted by Gasteiger charge is 2.41. The Kier molecular flexibility index (Phi) is 8.67. The van der Waals surface area contributed by atoms with Crippen LogP contribution in [0.25, 0.3) is 0 Å². The van der Waals surface area contributed by atoms with Gasteiger partial charge in [-0.2, -0.15) is 0 Å². The number of hydrogen-bond donors (Lipinski definition) is 1. The van der Waals surface area contributed by atoms with E-state index in [1.165, 1.54) is 0 Å². The normalized spacial score (nSPS) is 17.6. The van der Waals surface area contributed by atoms with Gasteiger partial charge in [-0.05, 0) is 54.3 Å². The van der Waals surface area contributed by atoms with Crippen molar-refractivity contribution >= 4 is 23.4 Å².